The Kier molecular flexibility index (Phi) is 2.44. The molecule has 0 saturated carbocycles. The van der Waals surface area contributed by atoms with Crippen molar-refractivity contribution >= 4 is 0 Å². The van der Waals surface area contributed by atoms with Crippen LogP contribution in [-0.2, 0) is 9.47 Å². The minimum Gasteiger partial charge on any atom is -0.381 e. The first-order valence-corrected chi connectivity index (χ1v) is 4.66. The van der Waals surface area contributed by atoms with Gasteiger partial charge < -0.3 is 9.47 Å². The summed E-state index contributed by atoms with van der Waals surface area (Å²) in [5.74, 6) is 0.700. The van der Waals surface area contributed by atoms with Crippen LogP contribution in [0.4, 0.5) is 0 Å². The molecule has 2 fully saturated rings. The normalized spacial score (nSPS) is 39.3. The molecule has 0 aromatic heterocycles. The van der Waals surface area contributed by atoms with E-state index in [-0.39, 0.29) is 0 Å². The van der Waals surface area contributed by atoms with Gasteiger partial charge in [-0.05, 0) is 25.7 Å². The summed E-state index contributed by atoms with van der Waals surface area (Å²) < 4.78 is 11.0. The molecule has 0 N–H and O–H groups in total. The van der Waals surface area contributed by atoms with Gasteiger partial charge in [0.15, 0.2) is 0 Å². The van der Waals surface area contributed by atoms with E-state index in [9.17, 15) is 0 Å². The van der Waals surface area contributed by atoms with Gasteiger partial charge in [-0.1, -0.05) is 0 Å². The molecule has 0 amide bonds. The van der Waals surface area contributed by atoms with Crippen LogP contribution < -0.4 is 0 Å². The third kappa shape index (κ3) is 1.74. The molecular weight excluding hydrogens is 140 g/mol. The average molecular weight is 156 g/mol. The first-order chi connectivity index (χ1) is 5.47. The standard InChI is InChI=1S/C9H16O2/c1-3-8(7-10-5-1)9-4-2-6-11-9/h8-9H,1-7H2. The Hall–Kier alpha value is -0.0800. The quantitative estimate of drug-likeness (QED) is 0.574. The van der Waals surface area contributed by atoms with Crippen LogP contribution in [0.3, 0.4) is 0 Å². The summed E-state index contributed by atoms with van der Waals surface area (Å²) >= 11 is 0. The first-order valence-electron chi connectivity index (χ1n) is 4.66. The van der Waals surface area contributed by atoms with Crippen molar-refractivity contribution in [2.75, 3.05) is 19.8 Å². The highest BCUT2D eigenvalue weighted by molar-refractivity contribution is 4.76. The van der Waals surface area contributed by atoms with E-state index < -0.39 is 0 Å². The molecule has 2 aliphatic rings. The van der Waals surface area contributed by atoms with Gasteiger partial charge in [0, 0.05) is 19.1 Å². The fourth-order valence-electron chi connectivity index (χ4n) is 2.03. The molecule has 2 heteroatoms. The van der Waals surface area contributed by atoms with Crippen molar-refractivity contribution < 1.29 is 9.47 Å². The van der Waals surface area contributed by atoms with Crippen LogP contribution in [0, 0.1) is 5.92 Å². The van der Waals surface area contributed by atoms with E-state index in [1.807, 2.05) is 0 Å². The molecule has 2 saturated heterocycles. The van der Waals surface area contributed by atoms with Crippen molar-refractivity contribution in [2.45, 2.75) is 31.8 Å². The molecule has 0 aromatic rings. The minimum absolute atomic E-state index is 0.523. The van der Waals surface area contributed by atoms with Crippen molar-refractivity contribution in [3.63, 3.8) is 0 Å². The van der Waals surface area contributed by atoms with Gasteiger partial charge >= 0.3 is 0 Å². The van der Waals surface area contributed by atoms with Gasteiger partial charge in [0.2, 0.25) is 0 Å². The van der Waals surface area contributed by atoms with Gasteiger partial charge in [-0.2, -0.15) is 0 Å². The van der Waals surface area contributed by atoms with E-state index in [2.05, 4.69) is 0 Å². The largest absolute Gasteiger partial charge is 0.381 e. The average Bonchev–Trinajstić information content (AvgIpc) is 2.58. The molecule has 2 unspecified atom stereocenters. The molecule has 0 bridgehead atoms. The molecule has 2 atom stereocenters. The van der Waals surface area contributed by atoms with E-state index in [0.29, 0.717) is 12.0 Å². The Labute approximate surface area is 67.9 Å². The Morgan fingerprint density at radius 1 is 1.00 bits per heavy atom. The lowest BCUT2D eigenvalue weighted by molar-refractivity contribution is -0.0208. The lowest BCUT2D eigenvalue weighted by Gasteiger charge is -2.26. The number of hydrogen-bond acceptors (Lipinski definition) is 2. The van der Waals surface area contributed by atoms with Gasteiger partial charge in [-0.3, -0.25) is 0 Å². The molecule has 0 aromatic carbocycles. The zero-order valence-electron chi connectivity index (χ0n) is 6.92. The lowest BCUT2D eigenvalue weighted by atomic mass is 9.94. The summed E-state index contributed by atoms with van der Waals surface area (Å²) in [5, 5.41) is 0. The second-order valence-corrected chi connectivity index (χ2v) is 3.53. The molecule has 64 valence electrons. The van der Waals surface area contributed by atoms with Gasteiger partial charge in [-0.15, -0.1) is 0 Å². The van der Waals surface area contributed by atoms with E-state index in [1.54, 1.807) is 0 Å². The molecule has 2 aliphatic heterocycles. The zero-order valence-corrected chi connectivity index (χ0v) is 6.92. The fourth-order valence-corrected chi connectivity index (χ4v) is 2.03. The van der Waals surface area contributed by atoms with Crippen molar-refractivity contribution in [3.05, 3.63) is 0 Å². The molecule has 0 aliphatic carbocycles. The predicted molar refractivity (Wildman–Crippen MR) is 42.5 cm³/mol. The summed E-state index contributed by atoms with van der Waals surface area (Å²) in [7, 11) is 0. The second kappa shape index (κ2) is 3.55. The minimum atomic E-state index is 0.523. The fraction of sp³-hybridized carbons (Fsp3) is 1.00. The maximum atomic E-state index is 5.61. The van der Waals surface area contributed by atoms with E-state index in [1.165, 1.54) is 25.7 Å². The molecule has 2 heterocycles. The lowest BCUT2D eigenvalue weighted by Crippen LogP contribution is -2.28. The third-order valence-electron chi connectivity index (χ3n) is 2.69. The van der Waals surface area contributed by atoms with Crippen molar-refractivity contribution in [1.29, 1.82) is 0 Å². The molecule has 0 spiro atoms. The summed E-state index contributed by atoms with van der Waals surface area (Å²) in [4.78, 5) is 0. The first kappa shape index (κ1) is 7.56. The number of ether oxygens (including phenoxy) is 2. The van der Waals surface area contributed by atoms with Crippen LogP contribution in [0.15, 0.2) is 0 Å². The van der Waals surface area contributed by atoms with Gasteiger partial charge in [0.25, 0.3) is 0 Å². The summed E-state index contributed by atoms with van der Waals surface area (Å²) in [6.07, 6.45) is 5.57. The molecular formula is C9H16O2. The Bertz CT molecular complexity index is 113. The topological polar surface area (TPSA) is 18.5 Å². The van der Waals surface area contributed by atoms with Crippen LogP contribution >= 0.6 is 0 Å². The summed E-state index contributed by atoms with van der Waals surface area (Å²) in [6.45, 7) is 2.87. The SMILES string of the molecule is C1COCC(C2CCCO2)C1. The maximum Gasteiger partial charge on any atom is 0.0626 e. The second-order valence-electron chi connectivity index (χ2n) is 3.53. The Morgan fingerprint density at radius 2 is 1.91 bits per heavy atom. The highest BCUT2D eigenvalue weighted by Crippen LogP contribution is 2.26. The predicted octanol–water partition coefficient (Wildman–Crippen LogP) is 1.59. The maximum absolute atomic E-state index is 5.61. The molecule has 0 radical (unpaired) electrons. The summed E-state index contributed by atoms with van der Waals surface area (Å²) in [6, 6.07) is 0. The Balaban J connectivity index is 1.82. The van der Waals surface area contributed by atoms with Crippen LogP contribution in [0.25, 0.3) is 0 Å². The highest BCUT2D eigenvalue weighted by atomic mass is 16.5. The van der Waals surface area contributed by atoms with Crippen LogP contribution in [0.1, 0.15) is 25.7 Å². The van der Waals surface area contributed by atoms with Crippen molar-refractivity contribution in [2.24, 2.45) is 5.92 Å². The smallest absolute Gasteiger partial charge is 0.0626 e. The van der Waals surface area contributed by atoms with Gasteiger partial charge in [-0.25, -0.2) is 0 Å². The van der Waals surface area contributed by atoms with Crippen LogP contribution in [0.5, 0.6) is 0 Å². The third-order valence-corrected chi connectivity index (χ3v) is 2.69. The molecule has 2 nitrogen and oxygen atoms in total. The summed E-state index contributed by atoms with van der Waals surface area (Å²) in [5.41, 5.74) is 0. The van der Waals surface area contributed by atoms with E-state index in [0.717, 1.165) is 19.8 Å². The van der Waals surface area contributed by atoms with E-state index >= 15 is 0 Å². The van der Waals surface area contributed by atoms with Crippen LogP contribution in [-0.4, -0.2) is 25.9 Å². The van der Waals surface area contributed by atoms with Crippen molar-refractivity contribution in [1.82, 2.24) is 0 Å². The van der Waals surface area contributed by atoms with Crippen molar-refractivity contribution in [3.8, 4) is 0 Å². The zero-order chi connectivity index (χ0) is 7.52. The van der Waals surface area contributed by atoms with E-state index in [4.69, 9.17) is 9.47 Å². The molecule has 2 rings (SSSR count). The van der Waals surface area contributed by atoms with Gasteiger partial charge in [0.1, 0.15) is 0 Å². The monoisotopic (exact) mass is 156 g/mol. The number of rotatable bonds is 1. The molecule has 11 heavy (non-hydrogen) atoms. The Morgan fingerprint density at radius 3 is 2.55 bits per heavy atom. The van der Waals surface area contributed by atoms with Gasteiger partial charge in [0.05, 0.1) is 12.7 Å². The van der Waals surface area contributed by atoms with Crippen LogP contribution in [0.2, 0.25) is 0 Å². The number of hydrogen-bond donors (Lipinski definition) is 0. The highest BCUT2D eigenvalue weighted by Gasteiger charge is 2.27.